The molecule has 2 fully saturated rings. The van der Waals surface area contributed by atoms with Gasteiger partial charge in [-0.1, -0.05) is 13.3 Å². The van der Waals surface area contributed by atoms with Crippen molar-refractivity contribution in [3.8, 4) is 0 Å². The van der Waals surface area contributed by atoms with Gasteiger partial charge in [-0.25, -0.2) is 0 Å². The van der Waals surface area contributed by atoms with Crippen molar-refractivity contribution in [1.82, 2.24) is 10.6 Å². The van der Waals surface area contributed by atoms with E-state index >= 15 is 0 Å². The van der Waals surface area contributed by atoms with Crippen LogP contribution in [0.15, 0.2) is 4.99 Å². The summed E-state index contributed by atoms with van der Waals surface area (Å²) in [5, 5.41) is 6.77. The first-order valence-electron chi connectivity index (χ1n) is 8.58. The molecule has 0 aliphatic heterocycles. The highest BCUT2D eigenvalue weighted by Gasteiger charge is 2.42. The number of guanidine groups is 1. The van der Waals surface area contributed by atoms with Crippen LogP contribution in [-0.4, -0.2) is 30.8 Å². The van der Waals surface area contributed by atoms with Crippen molar-refractivity contribution in [3.05, 3.63) is 0 Å². The number of rotatable bonds is 5. The lowest BCUT2D eigenvalue weighted by atomic mass is 9.85. The van der Waals surface area contributed by atoms with E-state index in [0.29, 0.717) is 25.4 Å². The van der Waals surface area contributed by atoms with E-state index in [4.69, 9.17) is 0 Å². The summed E-state index contributed by atoms with van der Waals surface area (Å²) in [7, 11) is 0. The fraction of sp³-hybridized carbons (Fsp3) is 0.938. The Morgan fingerprint density at radius 1 is 1.09 bits per heavy atom. The van der Waals surface area contributed by atoms with E-state index in [2.05, 4.69) is 22.5 Å². The van der Waals surface area contributed by atoms with E-state index in [0.717, 1.165) is 11.9 Å². The Hall–Kier alpha value is -0.940. The number of hydrogen-bond donors (Lipinski definition) is 2. The molecule has 2 aliphatic carbocycles. The summed E-state index contributed by atoms with van der Waals surface area (Å²) in [5.74, 6) is 0.388. The molecule has 128 valence electrons. The molecule has 0 bridgehead atoms. The highest BCUT2D eigenvalue weighted by Crippen LogP contribution is 2.37. The zero-order chi connectivity index (χ0) is 16.2. The topological polar surface area (TPSA) is 36.4 Å². The lowest BCUT2D eigenvalue weighted by Crippen LogP contribution is -2.46. The third kappa shape index (κ3) is 5.06. The van der Waals surface area contributed by atoms with Crippen molar-refractivity contribution in [2.75, 3.05) is 6.54 Å². The third-order valence-corrected chi connectivity index (χ3v) is 4.75. The molecule has 3 nitrogen and oxygen atoms in total. The second kappa shape index (κ2) is 7.55. The summed E-state index contributed by atoms with van der Waals surface area (Å²) in [4.78, 5) is 4.43. The lowest BCUT2D eigenvalue weighted by molar-refractivity contribution is -0.182. The maximum Gasteiger partial charge on any atom is 0.391 e. The Bertz CT molecular complexity index is 373. The van der Waals surface area contributed by atoms with Gasteiger partial charge in [-0.15, -0.1) is 0 Å². The first-order valence-corrected chi connectivity index (χ1v) is 8.58. The van der Waals surface area contributed by atoms with E-state index in [1.165, 1.54) is 19.3 Å². The van der Waals surface area contributed by atoms with Crippen LogP contribution in [0.5, 0.6) is 0 Å². The first-order chi connectivity index (χ1) is 10.4. The zero-order valence-electron chi connectivity index (χ0n) is 13.5. The van der Waals surface area contributed by atoms with Crippen LogP contribution >= 0.6 is 0 Å². The van der Waals surface area contributed by atoms with Crippen LogP contribution in [0.1, 0.15) is 58.8 Å². The number of aliphatic imine (C=N–C) groups is 1. The smallest absolute Gasteiger partial charge is 0.354 e. The Labute approximate surface area is 131 Å². The van der Waals surface area contributed by atoms with Crippen molar-refractivity contribution >= 4 is 5.96 Å². The van der Waals surface area contributed by atoms with E-state index in [-0.39, 0.29) is 18.9 Å². The molecule has 6 heteroatoms. The Balaban J connectivity index is 1.77. The van der Waals surface area contributed by atoms with Gasteiger partial charge in [-0.3, -0.25) is 4.99 Å². The van der Waals surface area contributed by atoms with Gasteiger partial charge in [0.15, 0.2) is 5.96 Å². The minimum Gasteiger partial charge on any atom is -0.354 e. The lowest BCUT2D eigenvalue weighted by Gasteiger charge is -2.31. The molecule has 0 heterocycles. The van der Waals surface area contributed by atoms with Gasteiger partial charge >= 0.3 is 6.18 Å². The van der Waals surface area contributed by atoms with Gasteiger partial charge in [-0.2, -0.15) is 13.2 Å². The average molecular weight is 319 g/mol. The molecule has 0 spiro atoms. The van der Waals surface area contributed by atoms with E-state index in [1.54, 1.807) is 0 Å². The van der Waals surface area contributed by atoms with Crippen molar-refractivity contribution < 1.29 is 13.2 Å². The minimum absolute atomic E-state index is 0.111. The summed E-state index contributed by atoms with van der Waals surface area (Å²) < 4.78 is 38.1. The molecule has 2 aliphatic rings. The summed E-state index contributed by atoms with van der Waals surface area (Å²) in [5.41, 5.74) is 0. The highest BCUT2D eigenvalue weighted by atomic mass is 19.4. The normalized spacial score (nSPS) is 32.7. The quantitative estimate of drug-likeness (QED) is 0.596. The van der Waals surface area contributed by atoms with Gasteiger partial charge in [0, 0.05) is 18.6 Å². The van der Waals surface area contributed by atoms with Crippen molar-refractivity contribution in [3.63, 3.8) is 0 Å². The predicted octanol–water partition coefficient (Wildman–Crippen LogP) is 3.85. The molecule has 0 aromatic rings. The molecule has 0 aromatic carbocycles. The van der Waals surface area contributed by atoms with Crippen LogP contribution in [0.2, 0.25) is 0 Å². The number of alkyl halides is 3. The van der Waals surface area contributed by atoms with Gasteiger partial charge in [-0.05, 0) is 51.4 Å². The number of nitrogens with one attached hydrogen (secondary N) is 2. The summed E-state index contributed by atoms with van der Waals surface area (Å²) in [6.07, 6.45) is 1.15. The van der Waals surface area contributed by atoms with Crippen LogP contribution in [0.3, 0.4) is 0 Å². The summed E-state index contributed by atoms with van der Waals surface area (Å²) in [6, 6.07) is 0.601. The van der Waals surface area contributed by atoms with Crippen LogP contribution < -0.4 is 10.6 Å². The SMILES string of the molecule is CCCC1CC1NC(=NCC)NC1CCC(C(F)(F)F)CC1. The first kappa shape index (κ1) is 17.4. The Morgan fingerprint density at radius 2 is 1.77 bits per heavy atom. The predicted molar refractivity (Wildman–Crippen MR) is 82.9 cm³/mol. The molecule has 2 rings (SSSR count). The van der Waals surface area contributed by atoms with Crippen molar-refractivity contribution in [1.29, 1.82) is 0 Å². The van der Waals surface area contributed by atoms with Crippen LogP contribution in [-0.2, 0) is 0 Å². The average Bonchev–Trinajstić information content (AvgIpc) is 3.17. The van der Waals surface area contributed by atoms with E-state index < -0.39 is 12.1 Å². The number of hydrogen-bond acceptors (Lipinski definition) is 1. The van der Waals surface area contributed by atoms with Crippen molar-refractivity contribution in [2.24, 2.45) is 16.8 Å². The largest absolute Gasteiger partial charge is 0.391 e. The highest BCUT2D eigenvalue weighted by molar-refractivity contribution is 5.80. The fourth-order valence-corrected chi connectivity index (χ4v) is 3.34. The third-order valence-electron chi connectivity index (χ3n) is 4.75. The second-order valence-corrected chi connectivity index (χ2v) is 6.59. The van der Waals surface area contributed by atoms with Crippen LogP contribution in [0.4, 0.5) is 13.2 Å². The van der Waals surface area contributed by atoms with Gasteiger partial charge in [0.2, 0.25) is 0 Å². The molecule has 2 unspecified atom stereocenters. The van der Waals surface area contributed by atoms with Gasteiger partial charge in [0.1, 0.15) is 0 Å². The molecule has 2 saturated carbocycles. The van der Waals surface area contributed by atoms with E-state index in [9.17, 15) is 13.2 Å². The molecule has 0 saturated heterocycles. The molecule has 2 atom stereocenters. The summed E-state index contributed by atoms with van der Waals surface area (Å²) >= 11 is 0. The molecule has 0 amide bonds. The Morgan fingerprint density at radius 3 is 2.32 bits per heavy atom. The standard InChI is InChI=1S/C16H28F3N3/c1-3-5-11-10-14(11)22-15(20-4-2)21-13-8-6-12(7-9-13)16(17,18)19/h11-14H,3-10H2,1-2H3,(H2,20,21,22). The van der Waals surface area contributed by atoms with Gasteiger partial charge in [0.05, 0.1) is 5.92 Å². The molecule has 22 heavy (non-hydrogen) atoms. The van der Waals surface area contributed by atoms with Crippen molar-refractivity contribution in [2.45, 2.75) is 77.1 Å². The maximum absolute atomic E-state index is 12.7. The zero-order valence-corrected chi connectivity index (χ0v) is 13.5. The van der Waals surface area contributed by atoms with Crippen LogP contribution in [0, 0.1) is 11.8 Å². The fourth-order valence-electron chi connectivity index (χ4n) is 3.34. The molecule has 0 radical (unpaired) electrons. The number of halogens is 3. The molecular weight excluding hydrogens is 291 g/mol. The minimum atomic E-state index is -4.04. The number of nitrogens with zero attached hydrogens (tertiary/aromatic N) is 1. The van der Waals surface area contributed by atoms with Gasteiger partial charge in [0.25, 0.3) is 0 Å². The van der Waals surface area contributed by atoms with E-state index in [1.807, 2.05) is 6.92 Å². The van der Waals surface area contributed by atoms with Crippen LogP contribution in [0.25, 0.3) is 0 Å². The second-order valence-electron chi connectivity index (χ2n) is 6.59. The Kier molecular flexibility index (Phi) is 5.98. The summed E-state index contributed by atoms with van der Waals surface area (Å²) in [6.45, 7) is 4.84. The maximum atomic E-state index is 12.7. The molecule has 2 N–H and O–H groups in total. The van der Waals surface area contributed by atoms with Gasteiger partial charge < -0.3 is 10.6 Å². The molecule has 0 aromatic heterocycles. The monoisotopic (exact) mass is 319 g/mol. The molecular formula is C16H28F3N3.